The lowest BCUT2D eigenvalue weighted by atomic mass is 10.1. The van der Waals surface area contributed by atoms with Gasteiger partial charge in [0.2, 0.25) is 0 Å². The first-order valence-electron chi connectivity index (χ1n) is 4.03. The Balaban J connectivity index is 3.39. The van der Waals surface area contributed by atoms with Crippen molar-refractivity contribution in [2.75, 3.05) is 13.7 Å². The molecule has 0 bridgehead atoms. The normalized spacial score (nSPS) is 11.6. The lowest BCUT2D eigenvalue weighted by Crippen LogP contribution is -2.26. The van der Waals surface area contributed by atoms with Crippen molar-refractivity contribution in [3.05, 3.63) is 28.0 Å². The molecule has 0 saturated carbocycles. The number of nitrogens with two attached hydrogens (primary N) is 1. The van der Waals surface area contributed by atoms with Crippen molar-refractivity contribution >= 4 is 15.9 Å². The molecule has 15 heavy (non-hydrogen) atoms. The van der Waals surface area contributed by atoms with E-state index < -0.39 is 29.6 Å². The van der Waals surface area contributed by atoms with Crippen molar-refractivity contribution in [3.63, 3.8) is 0 Å². The summed E-state index contributed by atoms with van der Waals surface area (Å²) >= 11 is 2.93. The van der Waals surface area contributed by atoms with Gasteiger partial charge in [-0.15, -0.1) is 0 Å². The van der Waals surface area contributed by atoms with Crippen LogP contribution in [0.5, 0.6) is 5.75 Å². The van der Waals surface area contributed by atoms with Gasteiger partial charge in [0.1, 0.15) is 0 Å². The number of hydrogen-bond donors (Lipinski definition) is 1. The van der Waals surface area contributed by atoms with E-state index in [1.165, 1.54) is 0 Å². The van der Waals surface area contributed by atoms with Gasteiger partial charge in [-0.3, -0.25) is 0 Å². The summed E-state index contributed by atoms with van der Waals surface area (Å²) in [5.41, 5.74) is 4.36. The third kappa shape index (κ3) is 2.43. The molecule has 1 aromatic carbocycles. The first kappa shape index (κ1) is 12.3. The van der Waals surface area contributed by atoms with Gasteiger partial charge in [0.25, 0.3) is 5.92 Å². The number of hydrogen-bond acceptors (Lipinski definition) is 2. The van der Waals surface area contributed by atoms with E-state index in [9.17, 15) is 13.2 Å². The van der Waals surface area contributed by atoms with E-state index >= 15 is 0 Å². The summed E-state index contributed by atoms with van der Waals surface area (Å²) in [4.78, 5) is 0. The molecule has 0 saturated heterocycles. The minimum Gasteiger partial charge on any atom is -0.493 e. The van der Waals surface area contributed by atoms with Gasteiger partial charge >= 0.3 is 0 Å². The van der Waals surface area contributed by atoms with Crippen molar-refractivity contribution in [1.82, 2.24) is 0 Å². The molecular weight excluding hydrogens is 275 g/mol. The van der Waals surface area contributed by atoms with Gasteiger partial charge in [0.15, 0.2) is 11.6 Å². The van der Waals surface area contributed by atoms with E-state index in [2.05, 4.69) is 20.7 Å². The van der Waals surface area contributed by atoms with Gasteiger partial charge in [-0.1, -0.05) is 15.9 Å². The average molecular weight is 284 g/mol. The largest absolute Gasteiger partial charge is 0.493 e. The second-order valence-electron chi connectivity index (χ2n) is 2.88. The maximum atomic E-state index is 13.3. The van der Waals surface area contributed by atoms with Gasteiger partial charge in [-0.2, -0.15) is 8.78 Å². The van der Waals surface area contributed by atoms with Crippen LogP contribution in [0.3, 0.4) is 0 Å². The van der Waals surface area contributed by atoms with E-state index in [1.807, 2.05) is 0 Å². The van der Waals surface area contributed by atoms with E-state index in [-0.39, 0.29) is 4.47 Å². The molecule has 6 heteroatoms. The highest BCUT2D eigenvalue weighted by Crippen LogP contribution is 2.37. The Morgan fingerprint density at radius 1 is 1.47 bits per heavy atom. The predicted molar refractivity (Wildman–Crippen MR) is 53.6 cm³/mol. The predicted octanol–water partition coefficient (Wildman–Crippen LogP) is 2.65. The molecule has 0 aliphatic carbocycles. The van der Waals surface area contributed by atoms with E-state index in [0.29, 0.717) is 0 Å². The van der Waals surface area contributed by atoms with Crippen molar-refractivity contribution in [1.29, 1.82) is 0 Å². The van der Waals surface area contributed by atoms with Crippen molar-refractivity contribution in [2.24, 2.45) is 5.73 Å². The zero-order chi connectivity index (χ0) is 11.6. The lowest BCUT2D eigenvalue weighted by molar-refractivity contribution is 0.00313. The van der Waals surface area contributed by atoms with Gasteiger partial charge in [-0.25, -0.2) is 4.39 Å². The van der Waals surface area contributed by atoms with Gasteiger partial charge < -0.3 is 10.5 Å². The lowest BCUT2D eigenvalue weighted by Gasteiger charge is -2.18. The number of benzene rings is 1. The molecule has 0 fully saturated rings. The van der Waals surface area contributed by atoms with Crippen LogP contribution in [0, 0.1) is 5.82 Å². The molecule has 0 amide bonds. The van der Waals surface area contributed by atoms with E-state index in [0.717, 1.165) is 19.2 Å². The topological polar surface area (TPSA) is 35.2 Å². The molecule has 84 valence electrons. The van der Waals surface area contributed by atoms with Crippen molar-refractivity contribution in [3.8, 4) is 5.75 Å². The number of rotatable bonds is 3. The van der Waals surface area contributed by atoms with Crippen LogP contribution < -0.4 is 10.5 Å². The van der Waals surface area contributed by atoms with Crippen LogP contribution in [0.25, 0.3) is 0 Å². The van der Waals surface area contributed by atoms with Gasteiger partial charge in [0, 0.05) is 4.47 Å². The summed E-state index contributed by atoms with van der Waals surface area (Å²) in [6.07, 6.45) is 0. The van der Waals surface area contributed by atoms with Crippen LogP contribution in [0.2, 0.25) is 0 Å². The minimum atomic E-state index is -3.31. The summed E-state index contributed by atoms with van der Waals surface area (Å²) in [6, 6.07) is 2.14. The average Bonchev–Trinajstić information content (AvgIpc) is 2.16. The molecule has 0 aliphatic heterocycles. The summed E-state index contributed by atoms with van der Waals surface area (Å²) in [5, 5.41) is 0. The quantitative estimate of drug-likeness (QED) is 0.926. The standard InChI is InChI=1S/C9H9BrF3NO/c1-15-8-6(9(12,13)4-14)2-5(10)3-7(8)11/h2-3H,4,14H2,1H3. The molecule has 0 radical (unpaired) electrons. The Hall–Kier alpha value is -0.750. The summed E-state index contributed by atoms with van der Waals surface area (Å²) in [6.45, 7) is -0.904. The second-order valence-corrected chi connectivity index (χ2v) is 3.79. The summed E-state index contributed by atoms with van der Waals surface area (Å²) in [7, 11) is 1.13. The Morgan fingerprint density at radius 3 is 2.53 bits per heavy atom. The van der Waals surface area contributed by atoms with Gasteiger partial charge in [-0.05, 0) is 12.1 Å². The summed E-state index contributed by atoms with van der Waals surface area (Å²) in [5.74, 6) is -4.64. The Labute approximate surface area is 93.3 Å². The van der Waals surface area contributed by atoms with Crippen LogP contribution in [0.15, 0.2) is 16.6 Å². The molecule has 2 nitrogen and oxygen atoms in total. The molecule has 0 heterocycles. The fourth-order valence-electron chi connectivity index (χ4n) is 1.15. The van der Waals surface area contributed by atoms with E-state index in [4.69, 9.17) is 5.73 Å². The maximum Gasteiger partial charge on any atom is 0.288 e. The van der Waals surface area contributed by atoms with Crippen molar-refractivity contribution < 1.29 is 17.9 Å². The van der Waals surface area contributed by atoms with Crippen LogP contribution in [-0.2, 0) is 5.92 Å². The minimum absolute atomic E-state index is 0.212. The third-order valence-corrected chi connectivity index (χ3v) is 2.32. The first-order valence-corrected chi connectivity index (χ1v) is 4.83. The Kier molecular flexibility index (Phi) is 3.62. The van der Waals surface area contributed by atoms with Crippen LogP contribution in [-0.4, -0.2) is 13.7 Å². The van der Waals surface area contributed by atoms with Crippen molar-refractivity contribution in [2.45, 2.75) is 5.92 Å². The highest BCUT2D eigenvalue weighted by Gasteiger charge is 2.34. The Bertz CT molecular complexity index is 371. The molecule has 1 rings (SSSR count). The highest BCUT2D eigenvalue weighted by molar-refractivity contribution is 9.10. The first-order chi connectivity index (χ1) is 6.92. The molecule has 0 spiro atoms. The molecule has 2 N–H and O–H groups in total. The van der Waals surface area contributed by atoms with E-state index in [1.54, 1.807) is 0 Å². The fraction of sp³-hybridized carbons (Fsp3) is 0.333. The maximum absolute atomic E-state index is 13.3. The molecule has 0 aliphatic rings. The monoisotopic (exact) mass is 283 g/mol. The molecule has 0 aromatic heterocycles. The molecule has 0 atom stereocenters. The smallest absolute Gasteiger partial charge is 0.288 e. The van der Waals surface area contributed by atoms with Crippen LogP contribution in [0.4, 0.5) is 13.2 Å². The SMILES string of the molecule is COc1c(F)cc(Br)cc1C(F)(F)CN. The zero-order valence-electron chi connectivity index (χ0n) is 7.86. The zero-order valence-corrected chi connectivity index (χ0v) is 9.45. The van der Waals surface area contributed by atoms with Crippen LogP contribution >= 0.6 is 15.9 Å². The fourth-order valence-corrected chi connectivity index (χ4v) is 1.58. The molecular formula is C9H9BrF3NO. The number of halogens is 4. The van der Waals surface area contributed by atoms with Gasteiger partial charge in [0.05, 0.1) is 19.2 Å². The molecule has 1 aromatic rings. The van der Waals surface area contributed by atoms with Crippen LogP contribution in [0.1, 0.15) is 5.56 Å². The Morgan fingerprint density at radius 2 is 2.07 bits per heavy atom. The highest BCUT2D eigenvalue weighted by atomic mass is 79.9. The molecule has 0 unspecified atom stereocenters. The second kappa shape index (κ2) is 4.40. The number of alkyl halides is 2. The number of ether oxygens (including phenoxy) is 1. The number of methoxy groups -OCH3 is 1. The summed E-state index contributed by atoms with van der Waals surface area (Å²) < 4.78 is 44.6. The third-order valence-electron chi connectivity index (χ3n) is 1.86.